The molecule has 3 aliphatic rings. The summed E-state index contributed by atoms with van der Waals surface area (Å²) in [5.74, 6) is 2.16. The predicted molar refractivity (Wildman–Crippen MR) is 59.2 cm³/mol. The standard InChI is InChI=1S/C13H23N/c1-4-10-5-6-13-8-14(9(2)3)12(13)11(13)7-10/h9-12H,4-8H2,1-3H3/t10-,11?,12?,13-/m1/s1. The van der Waals surface area contributed by atoms with Crippen molar-refractivity contribution >= 4 is 0 Å². The van der Waals surface area contributed by atoms with E-state index < -0.39 is 0 Å². The van der Waals surface area contributed by atoms with Crippen LogP contribution in [0.2, 0.25) is 0 Å². The number of fused-ring (bicyclic) bond motifs is 1. The van der Waals surface area contributed by atoms with Crippen LogP contribution in [0, 0.1) is 17.3 Å². The number of hydrogen-bond acceptors (Lipinski definition) is 1. The molecule has 3 rings (SSSR count). The molecule has 0 aromatic heterocycles. The highest BCUT2D eigenvalue weighted by Crippen LogP contribution is 2.71. The zero-order chi connectivity index (χ0) is 9.92. The van der Waals surface area contributed by atoms with Crippen LogP contribution in [-0.2, 0) is 0 Å². The summed E-state index contributed by atoms with van der Waals surface area (Å²) in [6, 6.07) is 1.80. The molecule has 1 heterocycles. The van der Waals surface area contributed by atoms with Gasteiger partial charge in [-0.25, -0.2) is 0 Å². The number of hydrogen-bond donors (Lipinski definition) is 0. The van der Waals surface area contributed by atoms with Crippen LogP contribution >= 0.6 is 0 Å². The first-order chi connectivity index (χ1) is 6.69. The first-order valence-electron chi connectivity index (χ1n) is 6.45. The van der Waals surface area contributed by atoms with Crippen molar-refractivity contribution in [3.05, 3.63) is 0 Å². The highest BCUT2D eigenvalue weighted by molar-refractivity contribution is 5.27. The molecular weight excluding hydrogens is 170 g/mol. The van der Waals surface area contributed by atoms with Gasteiger partial charge < -0.3 is 0 Å². The van der Waals surface area contributed by atoms with E-state index in [1.54, 1.807) is 12.8 Å². The van der Waals surface area contributed by atoms with E-state index in [0.29, 0.717) is 0 Å². The summed E-state index contributed by atoms with van der Waals surface area (Å²) in [6.45, 7) is 8.51. The molecule has 3 fully saturated rings. The smallest absolute Gasteiger partial charge is 0.0205 e. The molecule has 0 radical (unpaired) electrons. The minimum Gasteiger partial charge on any atom is -0.296 e. The van der Waals surface area contributed by atoms with Gasteiger partial charge in [0.2, 0.25) is 0 Å². The summed E-state index contributed by atoms with van der Waals surface area (Å²) in [5, 5.41) is 0. The fourth-order valence-electron chi connectivity index (χ4n) is 4.25. The molecule has 1 nitrogen and oxygen atoms in total. The Labute approximate surface area is 87.9 Å². The van der Waals surface area contributed by atoms with Crippen molar-refractivity contribution in [3.63, 3.8) is 0 Å². The summed E-state index contributed by atoms with van der Waals surface area (Å²) in [6.07, 6.45) is 6.03. The van der Waals surface area contributed by atoms with Crippen molar-refractivity contribution < 1.29 is 0 Å². The van der Waals surface area contributed by atoms with Crippen LogP contribution in [0.4, 0.5) is 0 Å². The van der Waals surface area contributed by atoms with Crippen molar-refractivity contribution in [2.75, 3.05) is 6.54 Å². The lowest BCUT2D eigenvalue weighted by atomic mass is 9.79. The Morgan fingerprint density at radius 1 is 1.43 bits per heavy atom. The third kappa shape index (κ3) is 0.946. The van der Waals surface area contributed by atoms with Gasteiger partial charge in [-0.1, -0.05) is 13.3 Å². The van der Waals surface area contributed by atoms with Gasteiger partial charge in [0.25, 0.3) is 0 Å². The van der Waals surface area contributed by atoms with Crippen LogP contribution in [0.3, 0.4) is 0 Å². The van der Waals surface area contributed by atoms with E-state index in [9.17, 15) is 0 Å². The monoisotopic (exact) mass is 193 g/mol. The van der Waals surface area contributed by atoms with Crippen LogP contribution < -0.4 is 0 Å². The maximum absolute atomic E-state index is 2.74. The van der Waals surface area contributed by atoms with E-state index in [2.05, 4.69) is 25.7 Å². The fourth-order valence-corrected chi connectivity index (χ4v) is 4.25. The molecule has 4 atom stereocenters. The third-order valence-electron chi connectivity index (χ3n) is 5.28. The molecule has 2 unspecified atom stereocenters. The van der Waals surface area contributed by atoms with Crippen molar-refractivity contribution in [2.45, 2.75) is 58.5 Å². The molecule has 0 aromatic carbocycles. The molecular formula is C13H23N. The lowest BCUT2D eigenvalue weighted by molar-refractivity contribution is 0.0523. The van der Waals surface area contributed by atoms with Gasteiger partial charge in [0.1, 0.15) is 0 Å². The number of rotatable bonds is 2. The van der Waals surface area contributed by atoms with Crippen LogP contribution in [0.15, 0.2) is 0 Å². The predicted octanol–water partition coefficient (Wildman–Crippen LogP) is 2.91. The molecule has 1 aliphatic heterocycles. The summed E-state index contributed by atoms with van der Waals surface area (Å²) >= 11 is 0. The molecule has 0 bridgehead atoms. The summed E-state index contributed by atoms with van der Waals surface area (Å²) in [7, 11) is 0. The van der Waals surface area contributed by atoms with Crippen molar-refractivity contribution in [1.29, 1.82) is 0 Å². The Morgan fingerprint density at radius 3 is 2.86 bits per heavy atom. The zero-order valence-corrected chi connectivity index (χ0v) is 9.79. The van der Waals surface area contributed by atoms with Gasteiger partial charge in [-0.3, -0.25) is 4.90 Å². The van der Waals surface area contributed by atoms with Crippen LogP contribution in [0.25, 0.3) is 0 Å². The Bertz CT molecular complexity index is 248. The minimum atomic E-state index is 0.788. The maximum atomic E-state index is 2.74. The van der Waals surface area contributed by atoms with Crippen LogP contribution in [0.5, 0.6) is 0 Å². The third-order valence-corrected chi connectivity index (χ3v) is 5.28. The largest absolute Gasteiger partial charge is 0.296 e. The van der Waals surface area contributed by atoms with E-state index in [-0.39, 0.29) is 0 Å². The van der Waals surface area contributed by atoms with Crippen molar-refractivity contribution in [2.24, 2.45) is 17.3 Å². The second kappa shape index (κ2) is 2.75. The molecule has 1 heteroatoms. The van der Waals surface area contributed by atoms with Crippen LogP contribution in [-0.4, -0.2) is 23.5 Å². The second-order valence-corrected chi connectivity index (χ2v) is 6.10. The van der Waals surface area contributed by atoms with Gasteiger partial charge in [-0.15, -0.1) is 0 Å². The van der Waals surface area contributed by atoms with Gasteiger partial charge in [0.05, 0.1) is 0 Å². The SMILES string of the molecule is CC[C@@H]1CC[C@]23CN(C(C)C)C2C3C1. The molecule has 1 spiro atoms. The van der Waals surface area contributed by atoms with Crippen molar-refractivity contribution in [3.8, 4) is 0 Å². The average Bonchev–Trinajstić information content (AvgIpc) is 2.63. The first kappa shape index (κ1) is 9.21. The number of nitrogens with zero attached hydrogens (tertiary/aromatic N) is 1. The van der Waals surface area contributed by atoms with E-state index >= 15 is 0 Å². The van der Waals surface area contributed by atoms with Crippen LogP contribution in [0.1, 0.15) is 46.5 Å². The zero-order valence-electron chi connectivity index (χ0n) is 9.79. The lowest BCUT2D eigenvalue weighted by Crippen LogP contribution is -2.50. The fraction of sp³-hybridized carbons (Fsp3) is 1.00. The van der Waals surface area contributed by atoms with E-state index in [1.165, 1.54) is 19.4 Å². The molecule has 0 N–H and O–H groups in total. The Morgan fingerprint density at radius 2 is 2.21 bits per heavy atom. The highest BCUT2D eigenvalue weighted by atomic mass is 15.3. The minimum absolute atomic E-state index is 0.788. The maximum Gasteiger partial charge on any atom is 0.0205 e. The molecule has 80 valence electrons. The highest BCUT2D eigenvalue weighted by Gasteiger charge is 2.75. The lowest BCUT2D eigenvalue weighted by Gasteiger charge is -2.42. The summed E-state index contributed by atoms with van der Waals surface area (Å²) < 4.78 is 0. The van der Waals surface area contributed by atoms with E-state index in [1.807, 2.05) is 0 Å². The Kier molecular flexibility index (Phi) is 1.81. The molecule has 1 saturated heterocycles. The van der Waals surface area contributed by atoms with Crippen molar-refractivity contribution in [1.82, 2.24) is 4.90 Å². The van der Waals surface area contributed by atoms with Gasteiger partial charge >= 0.3 is 0 Å². The van der Waals surface area contributed by atoms with Gasteiger partial charge in [-0.2, -0.15) is 0 Å². The molecule has 2 saturated carbocycles. The van der Waals surface area contributed by atoms with Gasteiger partial charge in [-0.05, 0) is 44.9 Å². The Balaban J connectivity index is 1.68. The van der Waals surface area contributed by atoms with E-state index in [0.717, 1.165) is 29.3 Å². The number of likely N-dealkylation sites (tertiary alicyclic amines) is 1. The first-order valence-corrected chi connectivity index (χ1v) is 6.45. The summed E-state index contributed by atoms with van der Waals surface area (Å²) in [5.41, 5.74) is 0.843. The normalized spacial score (nSPS) is 51.0. The second-order valence-electron chi connectivity index (χ2n) is 6.10. The summed E-state index contributed by atoms with van der Waals surface area (Å²) in [4.78, 5) is 2.74. The Hall–Kier alpha value is -0.0400. The molecule has 0 amide bonds. The molecule has 0 aromatic rings. The average molecular weight is 193 g/mol. The molecule has 2 aliphatic carbocycles. The van der Waals surface area contributed by atoms with Gasteiger partial charge in [0.15, 0.2) is 0 Å². The molecule has 14 heavy (non-hydrogen) atoms. The topological polar surface area (TPSA) is 3.24 Å². The van der Waals surface area contributed by atoms with E-state index in [4.69, 9.17) is 0 Å². The van der Waals surface area contributed by atoms with Gasteiger partial charge in [0, 0.05) is 24.0 Å². The quantitative estimate of drug-likeness (QED) is 0.652.